The number of nitrogens with zero attached hydrogens (tertiary/aromatic N) is 6. The van der Waals surface area contributed by atoms with E-state index in [0.717, 1.165) is 11.0 Å². The van der Waals surface area contributed by atoms with E-state index in [9.17, 15) is 9.90 Å². The van der Waals surface area contributed by atoms with Crippen LogP contribution in [0.3, 0.4) is 0 Å². The van der Waals surface area contributed by atoms with Gasteiger partial charge in [-0.3, -0.25) is 4.79 Å². The molecule has 0 aliphatic carbocycles. The number of amides is 1. The Morgan fingerprint density at radius 2 is 2.13 bits per heavy atom. The molecule has 10 nitrogen and oxygen atoms in total. The van der Waals surface area contributed by atoms with Crippen molar-refractivity contribution >= 4 is 34.5 Å². The Bertz CT molecular complexity index is 1160. The number of anilines is 3. The molecule has 1 unspecified atom stereocenters. The standard InChI is InChI=1S/C21H22N8O2/c1-3-19(31)25-14-4-5-18-17(7-14)27-21(28(18)2)29-11-15(6-16(30)12-29)26-20-23-9-13(8-22)10-24-20/h3-5,7,9-10,15-16,30H,1,6,11-12H2,2H3,(H,25,31)(H,23,24,26)/t15-,16?/m1/s1. The lowest BCUT2D eigenvalue weighted by Gasteiger charge is -2.36. The van der Waals surface area contributed by atoms with Gasteiger partial charge in [0.15, 0.2) is 0 Å². The number of carbonyl (C=O) groups is 1. The fourth-order valence-electron chi connectivity index (χ4n) is 3.72. The van der Waals surface area contributed by atoms with E-state index in [-0.39, 0.29) is 11.9 Å². The van der Waals surface area contributed by atoms with E-state index in [1.807, 2.05) is 34.7 Å². The lowest BCUT2D eigenvalue weighted by molar-refractivity contribution is -0.111. The number of aliphatic hydroxyl groups is 1. The van der Waals surface area contributed by atoms with Crippen molar-refractivity contribution in [2.75, 3.05) is 28.6 Å². The summed E-state index contributed by atoms with van der Waals surface area (Å²) in [7, 11) is 1.92. The molecule has 1 aliphatic heterocycles. The van der Waals surface area contributed by atoms with Crippen LogP contribution < -0.4 is 15.5 Å². The van der Waals surface area contributed by atoms with Crippen molar-refractivity contribution < 1.29 is 9.90 Å². The van der Waals surface area contributed by atoms with Crippen molar-refractivity contribution in [2.45, 2.75) is 18.6 Å². The molecule has 10 heteroatoms. The molecule has 1 saturated heterocycles. The monoisotopic (exact) mass is 418 g/mol. The van der Waals surface area contributed by atoms with Crippen LogP contribution in [0.25, 0.3) is 11.0 Å². The van der Waals surface area contributed by atoms with Crippen LogP contribution in [0.1, 0.15) is 12.0 Å². The first-order chi connectivity index (χ1) is 15.0. The van der Waals surface area contributed by atoms with Crippen LogP contribution in [-0.4, -0.2) is 55.8 Å². The summed E-state index contributed by atoms with van der Waals surface area (Å²) in [6.45, 7) is 4.50. The molecule has 0 saturated carbocycles. The van der Waals surface area contributed by atoms with Crippen LogP contribution in [0.4, 0.5) is 17.6 Å². The third-order valence-electron chi connectivity index (χ3n) is 5.14. The van der Waals surface area contributed by atoms with E-state index >= 15 is 0 Å². The predicted octanol–water partition coefficient (Wildman–Crippen LogP) is 1.41. The number of hydrogen-bond donors (Lipinski definition) is 3. The van der Waals surface area contributed by atoms with Crippen LogP contribution in [0.2, 0.25) is 0 Å². The first kappa shape index (κ1) is 20.3. The molecule has 2 atom stereocenters. The predicted molar refractivity (Wildman–Crippen MR) is 117 cm³/mol. The van der Waals surface area contributed by atoms with Crippen molar-refractivity contribution in [3.05, 3.63) is 48.8 Å². The molecule has 3 aromatic rings. The Labute approximate surface area is 178 Å². The van der Waals surface area contributed by atoms with Crippen molar-refractivity contribution in [3.8, 4) is 6.07 Å². The van der Waals surface area contributed by atoms with E-state index in [1.54, 1.807) is 6.07 Å². The molecule has 1 fully saturated rings. The van der Waals surface area contributed by atoms with Gasteiger partial charge in [0.05, 0.1) is 35.1 Å². The van der Waals surface area contributed by atoms with Crippen molar-refractivity contribution in [1.29, 1.82) is 5.26 Å². The summed E-state index contributed by atoms with van der Waals surface area (Å²) in [5.41, 5.74) is 2.67. The molecule has 1 aliphatic rings. The van der Waals surface area contributed by atoms with Gasteiger partial charge in [0.25, 0.3) is 0 Å². The minimum absolute atomic E-state index is 0.0982. The molecule has 4 rings (SSSR count). The van der Waals surface area contributed by atoms with Gasteiger partial charge in [-0.1, -0.05) is 6.58 Å². The molecule has 1 aromatic carbocycles. The zero-order valence-electron chi connectivity index (χ0n) is 17.0. The van der Waals surface area contributed by atoms with Gasteiger partial charge in [-0.25, -0.2) is 15.0 Å². The molecule has 158 valence electrons. The number of hydrogen-bond acceptors (Lipinski definition) is 8. The van der Waals surface area contributed by atoms with Crippen LogP contribution in [0.5, 0.6) is 0 Å². The fraction of sp³-hybridized carbons (Fsp3) is 0.286. The summed E-state index contributed by atoms with van der Waals surface area (Å²) < 4.78 is 1.96. The lowest BCUT2D eigenvalue weighted by atomic mass is 10.0. The van der Waals surface area contributed by atoms with E-state index in [4.69, 9.17) is 10.2 Å². The highest BCUT2D eigenvalue weighted by atomic mass is 16.3. The highest BCUT2D eigenvalue weighted by molar-refractivity contribution is 6.00. The number of rotatable bonds is 5. The number of nitrogens with one attached hydrogen (secondary N) is 2. The van der Waals surface area contributed by atoms with Crippen LogP contribution >= 0.6 is 0 Å². The zero-order chi connectivity index (χ0) is 22.0. The Morgan fingerprint density at radius 1 is 1.35 bits per heavy atom. The molecule has 2 aromatic heterocycles. The lowest BCUT2D eigenvalue weighted by Crippen LogP contribution is -2.49. The summed E-state index contributed by atoms with van der Waals surface area (Å²) in [6.07, 6.45) is 4.13. The largest absolute Gasteiger partial charge is 0.391 e. The number of aryl methyl sites for hydroxylation is 1. The van der Waals surface area contributed by atoms with Crippen LogP contribution in [-0.2, 0) is 11.8 Å². The molecular weight excluding hydrogens is 396 g/mol. The van der Waals surface area contributed by atoms with Crippen molar-refractivity contribution in [3.63, 3.8) is 0 Å². The van der Waals surface area contributed by atoms with Crippen LogP contribution in [0.15, 0.2) is 43.2 Å². The molecule has 3 N–H and O–H groups in total. The Balaban J connectivity index is 1.55. The summed E-state index contributed by atoms with van der Waals surface area (Å²) >= 11 is 0. The van der Waals surface area contributed by atoms with E-state index in [0.29, 0.717) is 42.7 Å². The number of fused-ring (bicyclic) bond motifs is 1. The molecule has 0 radical (unpaired) electrons. The van der Waals surface area contributed by atoms with Gasteiger partial charge in [-0.05, 0) is 30.7 Å². The van der Waals surface area contributed by atoms with Gasteiger partial charge in [-0.15, -0.1) is 0 Å². The Hall–Kier alpha value is -3.97. The maximum atomic E-state index is 11.6. The van der Waals surface area contributed by atoms with Gasteiger partial charge < -0.3 is 25.2 Å². The van der Waals surface area contributed by atoms with E-state index in [1.165, 1.54) is 18.5 Å². The summed E-state index contributed by atoms with van der Waals surface area (Å²) in [4.78, 5) is 26.6. The van der Waals surface area contributed by atoms with E-state index < -0.39 is 6.10 Å². The number of aliphatic hydroxyl groups excluding tert-OH is 1. The highest BCUT2D eigenvalue weighted by Crippen LogP contribution is 2.27. The number of imidazole rings is 1. The van der Waals surface area contributed by atoms with Crippen molar-refractivity contribution in [2.24, 2.45) is 7.05 Å². The number of nitriles is 1. The Kier molecular flexibility index (Phi) is 5.51. The minimum Gasteiger partial charge on any atom is -0.391 e. The number of piperidine rings is 1. The van der Waals surface area contributed by atoms with Crippen LogP contribution in [0, 0.1) is 11.3 Å². The second kappa shape index (κ2) is 8.41. The summed E-state index contributed by atoms with van der Waals surface area (Å²) in [5.74, 6) is 0.841. The van der Waals surface area contributed by atoms with E-state index in [2.05, 4.69) is 27.2 Å². The molecule has 31 heavy (non-hydrogen) atoms. The SMILES string of the molecule is C=CC(=O)Nc1ccc2c(c1)nc(N1CC(O)C[C@@H](Nc3ncc(C#N)cn3)C1)n2C. The first-order valence-electron chi connectivity index (χ1n) is 9.78. The van der Waals surface area contributed by atoms with Gasteiger partial charge in [-0.2, -0.15) is 5.26 Å². The van der Waals surface area contributed by atoms with Gasteiger partial charge in [0.2, 0.25) is 17.8 Å². The average molecular weight is 418 g/mol. The number of β-amino-alcohol motifs (C(OH)–C–C–N with tert-alkyl or cyclic N) is 1. The Morgan fingerprint density at radius 3 is 2.84 bits per heavy atom. The summed E-state index contributed by atoms with van der Waals surface area (Å²) in [6, 6.07) is 7.40. The quantitative estimate of drug-likeness (QED) is 0.530. The number of carbonyl (C=O) groups excluding carboxylic acids is 1. The number of aromatic nitrogens is 4. The first-order valence-corrected chi connectivity index (χ1v) is 9.78. The number of benzene rings is 1. The van der Waals surface area contributed by atoms with Crippen molar-refractivity contribution in [1.82, 2.24) is 19.5 Å². The highest BCUT2D eigenvalue weighted by Gasteiger charge is 2.29. The van der Waals surface area contributed by atoms with Gasteiger partial charge >= 0.3 is 0 Å². The molecule has 0 bridgehead atoms. The summed E-state index contributed by atoms with van der Waals surface area (Å²) in [5, 5.41) is 25.3. The second-order valence-electron chi connectivity index (χ2n) is 7.41. The molecule has 1 amide bonds. The van der Waals surface area contributed by atoms with Gasteiger partial charge in [0.1, 0.15) is 6.07 Å². The van der Waals surface area contributed by atoms with Gasteiger partial charge in [0, 0.05) is 31.9 Å². The fourth-order valence-corrected chi connectivity index (χ4v) is 3.72. The second-order valence-corrected chi connectivity index (χ2v) is 7.41. The smallest absolute Gasteiger partial charge is 0.247 e. The maximum absolute atomic E-state index is 11.6. The average Bonchev–Trinajstić information content (AvgIpc) is 3.09. The maximum Gasteiger partial charge on any atom is 0.247 e. The molecule has 0 spiro atoms. The zero-order valence-corrected chi connectivity index (χ0v) is 17.0. The molecular formula is C21H22N8O2. The third kappa shape index (κ3) is 4.31. The molecule has 3 heterocycles. The third-order valence-corrected chi connectivity index (χ3v) is 5.14. The topological polar surface area (TPSA) is 132 Å². The normalized spacial score (nSPS) is 18.4. The minimum atomic E-state index is -0.549.